The molecule has 0 aliphatic carbocycles. The van der Waals surface area contributed by atoms with Crippen LogP contribution in [0.4, 0.5) is 5.69 Å². The fourth-order valence-electron chi connectivity index (χ4n) is 2.29. The fourth-order valence-corrected chi connectivity index (χ4v) is 2.29. The molecule has 5 nitrogen and oxygen atoms in total. The van der Waals surface area contributed by atoms with E-state index in [9.17, 15) is 15.2 Å². The molecule has 0 aliphatic rings. The summed E-state index contributed by atoms with van der Waals surface area (Å²) in [5.74, 6) is -0.432. The molecule has 0 saturated heterocycles. The lowest BCUT2D eigenvalue weighted by Crippen LogP contribution is -2.28. The number of hydrogen-bond donors (Lipinski definition) is 3. The normalized spacial score (nSPS) is 12.1. The molecule has 0 aliphatic heterocycles. The summed E-state index contributed by atoms with van der Waals surface area (Å²) in [5.41, 5.74) is 2.55. The highest BCUT2D eigenvalue weighted by Gasteiger charge is 2.14. The summed E-state index contributed by atoms with van der Waals surface area (Å²) in [6, 6.07) is 16.2. The van der Waals surface area contributed by atoms with E-state index in [-0.39, 0.29) is 17.4 Å². The number of benzene rings is 2. The highest BCUT2D eigenvalue weighted by atomic mass is 16.3. The third-order valence-electron chi connectivity index (χ3n) is 3.88. The third kappa shape index (κ3) is 4.85. The summed E-state index contributed by atoms with van der Waals surface area (Å²) in [7, 11) is 0. The van der Waals surface area contributed by atoms with Crippen molar-refractivity contribution < 1.29 is 9.90 Å². The van der Waals surface area contributed by atoms with Crippen molar-refractivity contribution in [2.45, 2.75) is 26.3 Å². The van der Waals surface area contributed by atoms with Crippen LogP contribution in [-0.2, 0) is 11.2 Å². The van der Waals surface area contributed by atoms with E-state index in [2.05, 4.69) is 17.6 Å². The molecule has 128 valence electrons. The van der Waals surface area contributed by atoms with Gasteiger partial charge in [-0.1, -0.05) is 43.3 Å². The summed E-state index contributed by atoms with van der Waals surface area (Å²) in [6.07, 6.45) is 2.25. The molecule has 2 rings (SSSR count). The van der Waals surface area contributed by atoms with E-state index in [4.69, 9.17) is 0 Å². The maximum atomic E-state index is 12.3. The summed E-state index contributed by atoms with van der Waals surface area (Å²) in [6.45, 7) is 3.95. The van der Waals surface area contributed by atoms with Gasteiger partial charge in [-0.3, -0.25) is 4.79 Å². The Bertz CT molecular complexity index is 804. The Kier molecular flexibility index (Phi) is 6.19. The molecule has 5 heteroatoms. The number of para-hydroxylation sites is 2. The van der Waals surface area contributed by atoms with Crippen LogP contribution in [0.25, 0.3) is 0 Å². The zero-order valence-corrected chi connectivity index (χ0v) is 14.3. The first-order valence-corrected chi connectivity index (χ1v) is 8.09. The minimum atomic E-state index is -0.475. The number of phenolic OH excluding ortho intramolecular Hbond substituents is 1. The van der Waals surface area contributed by atoms with Crippen molar-refractivity contribution in [2.75, 3.05) is 5.32 Å². The van der Waals surface area contributed by atoms with Crippen LogP contribution in [0.1, 0.15) is 31.0 Å². The van der Waals surface area contributed by atoms with Crippen molar-refractivity contribution in [1.29, 1.82) is 5.26 Å². The molecule has 1 amide bonds. The van der Waals surface area contributed by atoms with Crippen molar-refractivity contribution in [3.05, 3.63) is 71.4 Å². The van der Waals surface area contributed by atoms with E-state index in [1.54, 1.807) is 18.2 Å². The van der Waals surface area contributed by atoms with Crippen LogP contribution in [0.2, 0.25) is 0 Å². The minimum absolute atomic E-state index is 0.0424. The van der Waals surface area contributed by atoms with Gasteiger partial charge >= 0.3 is 0 Å². The van der Waals surface area contributed by atoms with Crippen LogP contribution >= 0.6 is 0 Å². The van der Waals surface area contributed by atoms with Gasteiger partial charge in [-0.15, -0.1) is 0 Å². The Morgan fingerprint density at radius 2 is 1.92 bits per heavy atom. The number of amides is 1. The first-order valence-electron chi connectivity index (χ1n) is 8.09. The van der Waals surface area contributed by atoms with Crippen molar-refractivity contribution in [2.24, 2.45) is 0 Å². The largest absolute Gasteiger partial charge is 0.506 e. The van der Waals surface area contributed by atoms with E-state index in [0.29, 0.717) is 5.69 Å². The lowest BCUT2D eigenvalue weighted by atomic mass is 10.0. The number of aryl methyl sites for hydroxylation is 1. The van der Waals surface area contributed by atoms with Gasteiger partial charge < -0.3 is 15.7 Å². The highest BCUT2D eigenvalue weighted by Crippen LogP contribution is 2.21. The second-order valence-electron chi connectivity index (χ2n) is 5.62. The molecule has 2 aromatic carbocycles. The number of nitrogens with one attached hydrogen (secondary N) is 2. The molecular weight excluding hydrogens is 314 g/mol. The first kappa shape index (κ1) is 18.1. The Morgan fingerprint density at radius 1 is 1.24 bits per heavy atom. The molecule has 0 saturated carbocycles. The van der Waals surface area contributed by atoms with Crippen LogP contribution in [0, 0.1) is 11.3 Å². The topological polar surface area (TPSA) is 85.2 Å². The molecule has 1 unspecified atom stereocenters. The number of carbonyl (C=O) groups excluding carboxylic acids is 1. The molecule has 2 aromatic rings. The molecule has 0 bridgehead atoms. The Hall–Kier alpha value is -3.26. The van der Waals surface area contributed by atoms with Gasteiger partial charge in [0.25, 0.3) is 5.91 Å². The smallest absolute Gasteiger partial charge is 0.263 e. The molecule has 0 spiro atoms. The number of aromatic hydroxyl groups is 1. The molecule has 0 aromatic heterocycles. The van der Waals surface area contributed by atoms with Gasteiger partial charge in [0.05, 0.1) is 11.7 Å². The van der Waals surface area contributed by atoms with E-state index in [0.717, 1.165) is 12.0 Å². The third-order valence-corrected chi connectivity index (χ3v) is 3.88. The predicted octanol–water partition coefficient (Wildman–Crippen LogP) is 3.65. The van der Waals surface area contributed by atoms with Crippen LogP contribution in [0.15, 0.2) is 60.3 Å². The molecular formula is C20H21N3O2. The SMILES string of the molecule is CCc1ccc(C(C)NC(=O)/C(C#N)=C\Nc2ccccc2O)cc1. The lowest BCUT2D eigenvalue weighted by molar-refractivity contribution is -0.117. The standard InChI is InChI=1S/C20H21N3O2/c1-3-15-8-10-16(11-9-15)14(2)23-20(25)17(12-21)13-22-18-6-4-5-7-19(18)24/h4-11,13-14,22,24H,3H2,1-2H3,(H,23,25)/b17-13-. The van der Waals surface area contributed by atoms with E-state index in [1.807, 2.05) is 37.3 Å². The lowest BCUT2D eigenvalue weighted by Gasteiger charge is -2.14. The van der Waals surface area contributed by atoms with Crippen molar-refractivity contribution in [1.82, 2.24) is 5.32 Å². The summed E-state index contributed by atoms with van der Waals surface area (Å²) in [4.78, 5) is 12.3. The van der Waals surface area contributed by atoms with Gasteiger partial charge in [-0.2, -0.15) is 5.26 Å². The Labute approximate surface area is 147 Å². The number of rotatable bonds is 6. The van der Waals surface area contributed by atoms with Gasteiger partial charge in [0.15, 0.2) is 0 Å². The van der Waals surface area contributed by atoms with Gasteiger partial charge in [0, 0.05) is 6.20 Å². The average molecular weight is 335 g/mol. The molecule has 1 atom stereocenters. The van der Waals surface area contributed by atoms with Crippen molar-refractivity contribution in [3.63, 3.8) is 0 Å². The molecule has 3 N–H and O–H groups in total. The summed E-state index contributed by atoms with van der Waals surface area (Å²) >= 11 is 0. The number of hydrogen-bond acceptors (Lipinski definition) is 4. The number of phenols is 1. The minimum Gasteiger partial charge on any atom is -0.506 e. The summed E-state index contributed by atoms with van der Waals surface area (Å²) in [5, 5.41) is 24.5. The van der Waals surface area contributed by atoms with Crippen LogP contribution < -0.4 is 10.6 Å². The van der Waals surface area contributed by atoms with Crippen molar-refractivity contribution >= 4 is 11.6 Å². The number of nitriles is 1. The second kappa shape index (κ2) is 8.55. The second-order valence-corrected chi connectivity index (χ2v) is 5.62. The zero-order valence-electron chi connectivity index (χ0n) is 14.3. The number of nitrogens with zero attached hydrogens (tertiary/aromatic N) is 1. The molecule has 25 heavy (non-hydrogen) atoms. The number of carbonyl (C=O) groups is 1. The van der Waals surface area contributed by atoms with Gasteiger partial charge in [-0.25, -0.2) is 0 Å². The Balaban J connectivity index is 2.05. The predicted molar refractivity (Wildman–Crippen MR) is 97.8 cm³/mol. The van der Waals surface area contributed by atoms with Crippen LogP contribution in [-0.4, -0.2) is 11.0 Å². The quantitative estimate of drug-likeness (QED) is 0.427. The van der Waals surface area contributed by atoms with Crippen LogP contribution in [0.3, 0.4) is 0 Å². The van der Waals surface area contributed by atoms with Gasteiger partial charge in [0.2, 0.25) is 0 Å². The number of anilines is 1. The summed E-state index contributed by atoms with van der Waals surface area (Å²) < 4.78 is 0. The monoisotopic (exact) mass is 335 g/mol. The van der Waals surface area contributed by atoms with Crippen LogP contribution in [0.5, 0.6) is 5.75 Å². The maximum Gasteiger partial charge on any atom is 0.263 e. The zero-order chi connectivity index (χ0) is 18.2. The highest BCUT2D eigenvalue weighted by molar-refractivity contribution is 5.97. The van der Waals surface area contributed by atoms with E-state index < -0.39 is 5.91 Å². The van der Waals surface area contributed by atoms with E-state index in [1.165, 1.54) is 17.8 Å². The fraction of sp³-hybridized carbons (Fsp3) is 0.200. The van der Waals surface area contributed by atoms with Crippen molar-refractivity contribution in [3.8, 4) is 11.8 Å². The molecule has 0 heterocycles. The molecule has 0 radical (unpaired) electrons. The van der Waals surface area contributed by atoms with Gasteiger partial charge in [0.1, 0.15) is 17.4 Å². The Morgan fingerprint density at radius 3 is 2.52 bits per heavy atom. The van der Waals surface area contributed by atoms with E-state index >= 15 is 0 Å². The average Bonchev–Trinajstić information content (AvgIpc) is 2.63. The maximum absolute atomic E-state index is 12.3. The molecule has 0 fully saturated rings. The van der Waals surface area contributed by atoms with Gasteiger partial charge in [-0.05, 0) is 36.6 Å². The first-order chi connectivity index (χ1) is 12.0.